The van der Waals surface area contributed by atoms with Crippen molar-refractivity contribution in [1.29, 1.82) is 0 Å². The monoisotopic (exact) mass is 403 g/mol. The zero-order valence-corrected chi connectivity index (χ0v) is 15.6. The van der Waals surface area contributed by atoms with Crippen LogP contribution in [0, 0.1) is 5.82 Å². The van der Waals surface area contributed by atoms with Crippen LogP contribution in [0.4, 0.5) is 4.39 Å². The first-order chi connectivity index (χ1) is 13.3. The molecule has 0 saturated carbocycles. The van der Waals surface area contributed by atoms with Crippen molar-refractivity contribution in [2.75, 3.05) is 0 Å². The fourth-order valence-corrected chi connectivity index (χ4v) is 5.04. The molecule has 0 saturated heterocycles. The van der Waals surface area contributed by atoms with Crippen molar-refractivity contribution < 1.29 is 22.7 Å². The van der Waals surface area contributed by atoms with E-state index in [1.165, 1.54) is 12.1 Å². The number of hydrogen-bond acceptors (Lipinski definition) is 4. The number of nitrogens with zero attached hydrogens (tertiary/aromatic N) is 2. The molecule has 2 heterocycles. The molecule has 7 nitrogen and oxygen atoms in total. The van der Waals surface area contributed by atoms with Gasteiger partial charge in [-0.3, -0.25) is 4.79 Å². The van der Waals surface area contributed by atoms with Gasteiger partial charge in [0.2, 0.25) is 10.0 Å². The molecule has 0 aliphatic heterocycles. The van der Waals surface area contributed by atoms with Crippen molar-refractivity contribution in [3.8, 4) is 0 Å². The van der Waals surface area contributed by atoms with Crippen molar-refractivity contribution in [1.82, 2.24) is 14.3 Å². The summed E-state index contributed by atoms with van der Waals surface area (Å²) in [4.78, 5) is 15.6. The molecule has 28 heavy (non-hydrogen) atoms. The third kappa shape index (κ3) is 3.38. The van der Waals surface area contributed by atoms with E-state index in [-0.39, 0.29) is 17.5 Å². The van der Waals surface area contributed by atoms with Gasteiger partial charge in [0.15, 0.2) is 0 Å². The number of carboxylic acid groups (broad SMARTS) is 1. The summed E-state index contributed by atoms with van der Waals surface area (Å²) in [7, 11) is -3.78. The van der Waals surface area contributed by atoms with Crippen LogP contribution in [0.15, 0.2) is 47.5 Å². The summed E-state index contributed by atoms with van der Waals surface area (Å²) in [5.41, 5.74) is 2.40. The Morgan fingerprint density at radius 2 is 2.04 bits per heavy atom. The highest BCUT2D eigenvalue weighted by molar-refractivity contribution is 7.89. The van der Waals surface area contributed by atoms with E-state index in [1.807, 2.05) is 6.07 Å². The molecule has 0 radical (unpaired) electrons. The summed E-state index contributed by atoms with van der Waals surface area (Å²) in [6.45, 7) is -0.186. The molecular formula is C19H18FN3O4S. The van der Waals surface area contributed by atoms with Gasteiger partial charge in [-0.15, -0.1) is 0 Å². The number of sulfonamides is 1. The minimum Gasteiger partial charge on any atom is -0.480 e. The Morgan fingerprint density at radius 3 is 2.75 bits per heavy atom. The SMILES string of the molecule is O=C(O)Cn1c2c(c3cccnc31)CC(NS(=O)(=O)c1ccc(F)cc1)CC2. The predicted molar refractivity (Wildman–Crippen MR) is 99.9 cm³/mol. The predicted octanol–water partition coefficient (Wildman–Crippen LogP) is 2.10. The number of hydrogen-bond donors (Lipinski definition) is 2. The van der Waals surface area contributed by atoms with E-state index in [0.717, 1.165) is 28.8 Å². The van der Waals surface area contributed by atoms with Gasteiger partial charge in [0.05, 0.1) is 4.90 Å². The van der Waals surface area contributed by atoms with Gasteiger partial charge in [0, 0.05) is 23.3 Å². The molecule has 1 unspecified atom stereocenters. The Labute approximate surface area is 160 Å². The summed E-state index contributed by atoms with van der Waals surface area (Å²) < 4.78 is 42.7. The zero-order valence-electron chi connectivity index (χ0n) is 14.8. The average molecular weight is 403 g/mol. The summed E-state index contributed by atoms with van der Waals surface area (Å²) in [6.07, 6.45) is 3.12. The minimum absolute atomic E-state index is 0.00895. The lowest BCUT2D eigenvalue weighted by Crippen LogP contribution is -2.39. The number of benzene rings is 1. The molecule has 1 atom stereocenters. The Hall–Kier alpha value is -2.78. The standard InChI is InChI=1S/C19H18FN3O4S/c20-12-3-6-14(7-4-12)28(26,27)22-13-5-8-17-16(10-13)15-2-1-9-21-19(15)23(17)11-18(24)25/h1-4,6-7,9,13,22H,5,8,10-11H2,(H,24,25). The number of halogens is 1. The molecule has 0 amide bonds. The van der Waals surface area contributed by atoms with Gasteiger partial charge in [-0.1, -0.05) is 0 Å². The van der Waals surface area contributed by atoms with Crippen molar-refractivity contribution in [2.45, 2.75) is 36.7 Å². The van der Waals surface area contributed by atoms with Gasteiger partial charge in [-0.25, -0.2) is 22.5 Å². The van der Waals surface area contributed by atoms with Gasteiger partial charge < -0.3 is 9.67 Å². The Kier molecular flexibility index (Phi) is 4.64. The molecule has 0 bridgehead atoms. The lowest BCUT2D eigenvalue weighted by Gasteiger charge is -2.24. The van der Waals surface area contributed by atoms with Crippen molar-refractivity contribution >= 4 is 27.0 Å². The molecule has 2 aromatic heterocycles. The lowest BCUT2D eigenvalue weighted by molar-refractivity contribution is -0.137. The van der Waals surface area contributed by atoms with Crippen LogP contribution in [0.1, 0.15) is 17.7 Å². The Morgan fingerprint density at radius 1 is 1.29 bits per heavy atom. The minimum atomic E-state index is -3.78. The second-order valence-corrected chi connectivity index (χ2v) is 8.51. The number of rotatable bonds is 5. The fraction of sp³-hybridized carbons (Fsp3) is 0.263. The second kappa shape index (κ2) is 6.99. The summed E-state index contributed by atoms with van der Waals surface area (Å²) >= 11 is 0. The van der Waals surface area contributed by atoms with Crippen LogP contribution in [0.25, 0.3) is 11.0 Å². The first-order valence-electron chi connectivity index (χ1n) is 8.80. The highest BCUT2D eigenvalue weighted by atomic mass is 32.2. The molecule has 1 aliphatic carbocycles. The fourth-order valence-electron chi connectivity index (χ4n) is 3.77. The van der Waals surface area contributed by atoms with E-state index in [1.54, 1.807) is 16.8 Å². The van der Waals surface area contributed by atoms with Gasteiger partial charge in [-0.2, -0.15) is 0 Å². The normalized spacial score (nSPS) is 16.8. The quantitative estimate of drug-likeness (QED) is 0.679. The second-order valence-electron chi connectivity index (χ2n) is 6.79. The van der Waals surface area contributed by atoms with E-state index < -0.39 is 21.8 Å². The van der Waals surface area contributed by atoms with Crippen LogP contribution in [-0.2, 0) is 34.2 Å². The van der Waals surface area contributed by atoms with E-state index in [2.05, 4.69) is 9.71 Å². The van der Waals surface area contributed by atoms with Gasteiger partial charge >= 0.3 is 5.97 Å². The number of aromatic nitrogens is 2. The number of carbonyl (C=O) groups is 1. The summed E-state index contributed by atoms with van der Waals surface area (Å²) in [6, 6.07) is 7.99. The maximum atomic E-state index is 13.1. The molecule has 1 aliphatic rings. The molecule has 3 aromatic rings. The first-order valence-corrected chi connectivity index (χ1v) is 10.3. The number of fused-ring (bicyclic) bond motifs is 3. The van der Waals surface area contributed by atoms with Crippen LogP contribution >= 0.6 is 0 Å². The smallest absolute Gasteiger partial charge is 0.323 e. The summed E-state index contributed by atoms with van der Waals surface area (Å²) in [5.74, 6) is -1.45. The number of carboxylic acids is 1. The molecular weight excluding hydrogens is 385 g/mol. The Bertz CT molecular complexity index is 1160. The molecule has 0 spiro atoms. The highest BCUT2D eigenvalue weighted by Crippen LogP contribution is 2.31. The van der Waals surface area contributed by atoms with Crippen LogP contribution < -0.4 is 4.72 Å². The third-order valence-electron chi connectivity index (χ3n) is 4.96. The van der Waals surface area contributed by atoms with E-state index >= 15 is 0 Å². The van der Waals surface area contributed by atoms with Crippen molar-refractivity contribution in [3.63, 3.8) is 0 Å². The molecule has 4 rings (SSSR count). The zero-order chi connectivity index (χ0) is 19.9. The molecule has 0 fully saturated rings. The van der Waals surface area contributed by atoms with Crippen LogP contribution in [0.5, 0.6) is 0 Å². The van der Waals surface area contributed by atoms with E-state index in [4.69, 9.17) is 0 Å². The van der Waals surface area contributed by atoms with E-state index in [0.29, 0.717) is 24.9 Å². The van der Waals surface area contributed by atoms with Gasteiger partial charge in [-0.05, 0) is 61.2 Å². The molecule has 1 aromatic carbocycles. The lowest BCUT2D eigenvalue weighted by atomic mass is 9.92. The van der Waals surface area contributed by atoms with Crippen LogP contribution in [0.2, 0.25) is 0 Å². The molecule has 2 N–H and O–H groups in total. The highest BCUT2D eigenvalue weighted by Gasteiger charge is 2.29. The number of pyridine rings is 1. The number of nitrogens with one attached hydrogen (secondary N) is 1. The average Bonchev–Trinajstić information content (AvgIpc) is 2.95. The summed E-state index contributed by atoms with van der Waals surface area (Å²) in [5, 5.41) is 10.1. The van der Waals surface area contributed by atoms with Crippen molar-refractivity contribution in [2.24, 2.45) is 0 Å². The third-order valence-corrected chi connectivity index (χ3v) is 6.50. The molecule has 146 valence electrons. The van der Waals surface area contributed by atoms with Gasteiger partial charge in [0.25, 0.3) is 0 Å². The maximum absolute atomic E-state index is 13.1. The molecule has 9 heteroatoms. The topological polar surface area (TPSA) is 101 Å². The number of aliphatic carboxylic acids is 1. The van der Waals surface area contributed by atoms with Gasteiger partial charge in [0.1, 0.15) is 18.0 Å². The van der Waals surface area contributed by atoms with E-state index in [9.17, 15) is 22.7 Å². The van der Waals surface area contributed by atoms with Crippen LogP contribution in [0.3, 0.4) is 0 Å². The largest absolute Gasteiger partial charge is 0.480 e. The van der Waals surface area contributed by atoms with Crippen molar-refractivity contribution in [3.05, 3.63) is 59.7 Å². The Balaban J connectivity index is 1.65. The maximum Gasteiger partial charge on any atom is 0.323 e. The van der Waals surface area contributed by atoms with Crippen LogP contribution in [-0.4, -0.2) is 35.1 Å². The first kappa shape index (κ1) is 18.6.